The van der Waals surface area contributed by atoms with Crippen LogP contribution in [-0.4, -0.2) is 0 Å². The van der Waals surface area contributed by atoms with Gasteiger partial charge in [-0.25, -0.2) is 0 Å². The second kappa shape index (κ2) is 9.44. The van der Waals surface area contributed by atoms with Gasteiger partial charge in [-0.15, -0.1) is 0 Å². The van der Waals surface area contributed by atoms with Crippen molar-refractivity contribution < 1.29 is 29.1 Å². The van der Waals surface area contributed by atoms with Gasteiger partial charge in [0.2, 0.25) is 0 Å². The first-order chi connectivity index (χ1) is 28.8. The van der Waals surface area contributed by atoms with Crippen molar-refractivity contribution in [2.24, 2.45) is 0 Å². The lowest BCUT2D eigenvalue weighted by Gasteiger charge is -2.18. The normalized spacial score (nSPS) is 17.6. The minimum Gasteiger partial charge on any atom is -0.455 e. The van der Waals surface area contributed by atoms with Crippen molar-refractivity contribution in [2.75, 3.05) is 0 Å². The number of fused-ring (bicyclic) bond motifs is 6. The molecule has 200 valence electrons. The first kappa shape index (κ1) is 12.3. The maximum atomic E-state index is 9.68. The fraction of sp³-hybridized carbons (Fsp3) is 0. The second-order valence-electron chi connectivity index (χ2n) is 9.85. The predicted molar refractivity (Wildman–Crippen MR) is 183 cm³/mol. The summed E-state index contributed by atoms with van der Waals surface area (Å²) in [5, 5.41) is 0.370. The van der Waals surface area contributed by atoms with Gasteiger partial charge in [-0.2, -0.15) is 0 Å². The number of para-hydroxylation sites is 2. The van der Waals surface area contributed by atoms with Crippen molar-refractivity contribution in [1.29, 1.82) is 0 Å². The van der Waals surface area contributed by atoms with E-state index in [1.165, 1.54) is 0 Å². The molecule has 0 spiro atoms. The van der Waals surface area contributed by atoms with Gasteiger partial charge >= 0.3 is 0 Å². The van der Waals surface area contributed by atoms with E-state index in [9.17, 15) is 5.48 Å². The summed E-state index contributed by atoms with van der Waals surface area (Å²) in [4.78, 5) is 0. The van der Waals surface area contributed by atoms with Gasteiger partial charge in [0.1, 0.15) is 11.2 Å². The van der Waals surface area contributed by atoms with Crippen molar-refractivity contribution in [1.82, 2.24) is 0 Å². The third kappa shape index (κ3) is 3.72. The Bertz CT molecular complexity index is 3460. The molecule has 0 aliphatic heterocycles. The molecular weight excluding hydrogens is 520 g/mol. The Hall–Kier alpha value is -5.66. The van der Waals surface area contributed by atoms with Gasteiger partial charge < -0.3 is 4.42 Å². The molecule has 0 bridgehead atoms. The molecule has 43 heavy (non-hydrogen) atoms. The summed E-state index contributed by atoms with van der Waals surface area (Å²) < 4.78 is 164. The maximum absolute atomic E-state index is 9.68. The van der Waals surface area contributed by atoms with E-state index in [2.05, 4.69) is 0 Å². The molecule has 1 heteroatoms. The van der Waals surface area contributed by atoms with E-state index < -0.39 is 131 Å². The summed E-state index contributed by atoms with van der Waals surface area (Å²) in [6.07, 6.45) is 0. The molecular formula is C42H26O. The smallest absolute Gasteiger partial charge is 0.143 e. The monoisotopic (exact) mass is 564 g/mol. The summed E-state index contributed by atoms with van der Waals surface area (Å²) in [6, 6.07) is 2.42. The Kier molecular flexibility index (Phi) is 2.70. The van der Waals surface area contributed by atoms with E-state index >= 15 is 0 Å². The molecule has 1 aromatic heterocycles. The third-order valence-corrected chi connectivity index (χ3v) is 7.49. The minimum atomic E-state index is -0.721. The molecule has 1 heterocycles. The fourth-order valence-electron chi connectivity index (χ4n) is 5.67. The Morgan fingerprint density at radius 3 is 1.81 bits per heavy atom. The van der Waals surface area contributed by atoms with Crippen LogP contribution in [0.4, 0.5) is 0 Å². The molecule has 1 nitrogen and oxygen atoms in total. The summed E-state index contributed by atoms with van der Waals surface area (Å²) in [6.45, 7) is 0. The number of furan rings is 1. The molecule has 0 radical (unpaired) electrons. The van der Waals surface area contributed by atoms with E-state index in [0.29, 0.717) is 27.1 Å². The standard InChI is InChI=1S/C42H26O/c1-2-12-28-25-30(24-23-27(28)11-1)29-13-9-14-31(26-29)40-33-16-3-5-18-35(33)41(36-19-6-4-17-34(36)40)38-21-10-20-37-32-15-7-8-22-39(32)43-42(37)38/h1-26H/i1D,2D,7D,8D,9D,10D,11D,12D,13D,14D,15D,20D,21D,22D,23D,24D,25D,26D. The number of hydrogen-bond donors (Lipinski definition) is 0. The lowest BCUT2D eigenvalue weighted by Crippen LogP contribution is -1.91. The molecule has 0 unspecified atom stereocenters. The molecule has 0 amide bonds. The molecule has 9 rings (SSSR count). The molecule has 8 aromatic carbocycles. The topological polar surface area (TPSA) is 13.1 Å². The first-order valence-corrected chi connectivity index (χ1v) is 13.3. The van der Waals surface area contributed by atoms with Gasteiger partial charge in [-0.3, -0.25) is 0 Å². The SMILES string of the molecule is [2H]c1c([2H])c(-c2c([2H])c([2H])c3c([2H])c([2H])c([2H])c([2H])c3c2[2H])c([2H])c(-c2c3ccccc3c(-c3c([2H])c([2H])c([2H])c4c3oc3c([2H])c([2H])c([2H])c([2H])c34)c3ccccc23)c1[2H]. The van der Waals surface area contributed by atoms with Crippen molar-refractivity contribution in [3.8, 4) is 33.4 Å². The van der Waals surface area contributed by atoms with E-state index in [1.54, 1.807) is 48.5 Å². The van der Waals surface area contributed by atoms with Crippen molar-refractivity contribution in [3.63, 3.8) is 0 Å². The van der Waals surface area contributed by atoms with E-state index in [1.807, 2.05) is 0 Å². The molecule has 0 N–H and O–H groups in total. The minimum absolute atomic E-state index is 0.00928. The Labute approximate surface area is 274 Å². The zero-order chi connectivity index (χ0) is 44.0. The highest BCUT2D eigenvalue weighted by atomic mass is 16.3. The molecule has 0 fully saturated rings. The van der Waals surface area contributed by atoms with Gasteiger partial charge in [-0.1, -0.05) is 139 Å². The van der Waals surface area contributed by atoms with Crippen LogP contribution in [0.2, 0.25) is 0 Å². The van der Waals surface area contributed by atoms with Crippen LogP contribution in [0.3, 0.4) is 0 Å². The molecule has 0 saturated carbocycles. The van der Waals surface area contributed by atoms with Crippen molar-refractivity contribution in [3.05, 3.63) is 157 Å². The van der Waals surface area contributed by atoms with Crippen LogP contribution in [0.5, 0.6) is 0 Å². The highest BCUT2D eigenvalue weighted by Crippen LogP contribution is 2.46. The number of rotatable bonds is 3. The lowest BCUT2D eigenvalue weighted by atomic mass is 9.85. The second-order valence-corrected chi connectivity index (χ2v) is 9.85. The predicted octanol–water partition coefficient (Wildman–Crippen LogP) is 12.0. The Morgan fingerprint density at radius 1 is 0.419 bits per heavy atom. The summed E-state index contributed by atoms with van der Waals surface area (Å²) in [5.41, 5.74) is -1.12. The Morgan fingerprint density at radius 2 is 1.02 bits per heavy atom. The summed E-state index contributed by atoms with van der Waals surface area (Å²) in [7, 11) is 0. The third-order valence-electron chi connectivity index (χ3n) is 7.49. The molecule has 9 aromatic rings. The number of hydrogen-bond acceptors (Lipinski definition) is 1. The van der Waals surface area contributed by atoms with Gasteiger partial charge in [0.15, 0.2) is 0 Å². The zero-order valence-electron chi connectivity index (χ0n) is 40.0. The average Bonchev–Trinajstić information content (AvgIpc) is 3.65. The summed E-state index contributed by atoms with van der Waals surface area (Å²) in [5.74, 6) is 0. The molecule has 0 saturated heterocycles. The van der Waals surface area contributed by atoms with Gasteiger partial charge in [-0.05, 0) is 72.7 Å². The molecule has 0 atom stereocenters. The van der Waals surface area contributed by atoms with Gasteiger partial charge in [0, 0.05) is 21.9 Å². The van der Waals surface area contributed by atoms with E-state index in [-0.39, 0.29) is 38.6 Å². The van der Waals surface area contributed by atoms with Crippen LogP contribution in [0, 0.1) is 0 Å². The van der Waals surface area contributed by atoms with Crippen LogP contribution >= 0.6 is 0 Å². The van der Waals surface area contributed by atoms with E-state index in [0.717, 1.165) is 0 Å². The van der Waals surface area contributed by atoms with Gasteiger partial charge in [0.25, 0.3) is 0 Å². The van der Waals surface area contributed by atoms with Crippen molar-refractivity contribution >= 4 is 54.3 Å². The van der Waals surface area contributed by atoms with Crippen LogP contribution in [-0.2, 0) is 0 Å². The maximum Gasteiger partial charge on any atom is 0.143 e. The van der Waals surface area contributed by atoms with Crippen LogP contribution in [0.15, 0.2) is 162 Å². The van der Waals surface area contributed by atoms with Crippen LogP contribution in [0.1, 0.15) is 24.7 Å². The highest BCUT2D eigenvalue weighted by molar-refractivity contribution is 6.24. The zero-order valence-corrected chi connectivity index (χ0v) is 22.0. The lowest BCUT2D eigenvalue weighted by molar-refractivity contribution is 0.670. The Balaban J connectivity index is 1.45. The van der Waals surface area contributed by atoms with Crippen molar-refractivity contribution in [2.45, 2.75) is 0 Å². The molecule has 0 aliphatic rings. The summed E-state index contributed by atoms with van der Waals surface area (Å²) >= 11 is 0. The van der Waals surface area contributed by atoms with E-state index in [4.69, 9.17) is 23.6 Å². The quantitative estimate of drug-likeness (QED) is 0.195. The van der Waals surface area contributed by atoms with Crippen LogP contribution < -0.4 is 0 Å². The average molecular weight is 565 g/mol. The highest BCUT2D eigenvalue weighted by Gasteiger charge is 2.20. The fourth-order valence-corrected chi connectivity index (χ4v) is 5.67. The molecule has 0 aliphatic carbocycles. The number of benzene rings is 8. The van der Waals surface area contributed by atoms with Gasteiger partial charge in [0.05, 0.1) is 24.7 Å². The first-order valence-electron chi connectivity index (χ1n) is 22.3. The van der Waals surface area contributed by atoms with Crippen LogP contribution in [0.25, 0.3) is 87.6 Å². The largest absolute Gasteiger partial charge is 0.455 e.